The number of nitrogens with zero attached hydrogens (tertiary/aromatic N) is 3. The van der Waals surface area contributed by atoms with Crippen molar-refractivity contribution >= 4 is 11.6 Å². The van der Waals surface area contributed by atoms with Gasteiger partial charge in [0, 0.05) is 25.2 Å². The van der Waals surface area contributed by atoms with E-state index in [9.17, 15) is 0 Å². The molecule has 0 aliphatic carbocycles. The van der Waals surface area contributed by atoms with Crippen LogP contribution in [-0.4, -0.2) is 29.6 Å². The van der Waals surface area contributed by atoms with Crippen molar-refractivity contribution in [1.82, 2.24) is 9.97 Å². The lowest BCUT2D eigenvalue weighted by molar-refractivity contribution is 0.325. The van der Waals surface area contributed by atoms with Gasteiger partial charge in [0.15, 0.2) is 0 Å². The van der Waals surface area contributed by atoms with Crippen molar-refractivity contribution < 1.29 is 0 Å². The molecule has 0 aromatic carbocycles. The van der Waals surface area contributed by atoms with Gasteiger partial charge in [-0.1, -0.05) is 13.8 Å². The third-order valence-electron chi connectivity index (χ3n) is 4.22. The second kappa shape index (κ2) is 5.98. The Balaban J connectivity index is 2.27. The quantitative estimate of drug-likeness (QED) is 0.916. The molecule has 0 saturated carbocycles. The number of nitrogens with one attached hydrogen (secondary N) is 1. The summed E-state index contributed by atoms with van der Waals surface area (Å²) >= 11 is 0. The van der Waals surface area contributed by atoms with Crippen LogP contribution in [0, 0.1) is 19.3 Å². The molecule has 112 valence electrons. The minimum atomic E-state index is 0.454. The van der Waals surface area contributed by atoms with Gasteiger partial charge in [0.05, 0.1) is 0 Å². The first kappa shape index (κ1) is 15.1. The molecule has 1 aromatic heterocycles. The first-order valence-corrected chi connectivity index (χ1v) is 7.77. The number of aryl methyl sites for hydroxylation is 1. The summed E-state index contributed by atoms with van der Waals surface area (Å²) < 4.78 is 0. The third kappa shape index (κ3) is 3.41. The summed E-state index contributed by atoms with van der Waals surface area (Å²) in [5.41, 5.74) is 1.63. The summed E-state index contributed by atoms with van der Waals surface area (Å²) in [5, 5.41) is 3.35. The van der Waals surface area contributed by atoms with Crippen LogP contribution in [0.15, 0.2) is 0 Å². The molecule has 4 nitrogen and oxygen atoms in total. The van der Waals surface area contributed by atoms with Gasteiger partial charge < -0.3 is 10.2 Å². The van der Waals surface area contributed by atoms with Crippen molar-refractivity contribution in [2.75, 3.05) is 29.9 Å². The first-order valence-electron chi connectivity index (χ1n) is 7.77. The molecule has 1 fully saturated rings. The van der Waals surface area contributed by atoms with Crippen molar-refractivity contribution in [2.24, 2.45) is 5.41 Å². The molecule has 2 heterocycles. The summed E-state index contributed by atoms with van der Waals surface area (Å²) in [6, 6.07) is 0. The van der Waals surface area contributed by atoms with Crippen LogP contribution in [-0.2, 0) is 0 Å². The summed E-state index contributed by atoms with van der Waals surface area (Å²) in [6.07, 6.45) is 3.77. The Morgan fingerprint density at radius 1 is 1.15 bits per heavy atom. The lowest BCUT2D eigenvalue weighted by Gasteiger charge is -2.26. The summed E-state index contributed by atoms with van der Waals surface area (Å²) in [4.78, 5) is 11.7. The molecular weight excluding hydrogens is 248 g/mol. The van der Waals surface area contributed by atoms with Crippen LogP contribution in [0.5, 0.6) is 0 Å². The maximum absolute atomic E-state index is 4.70. The van der Waals surface area contributed by atoms with E-state index < -0.39 is 0 Å². The maximum Gasteiger partial charge on any atom is 0.137 e. The number of rotatable bonds is 3. The van der Waals surface area contributed by atoms with E-state index in [0.29, 0.717) is 5.41 Å². The van der Waals surface area contributed by atoms with Gasteiger partial charge in [0.2, 0.25) is 0 Å². The van der Waals surface area contributed by atoms with Crippen molar-refractivity contribution in [1.29, 1.82) is 0 Å². The van der Waals surface area contributed by atoms with E-state index in [1.807, 2.05) is 6.92 Å². The molecule has 2 rings (SSSR count). The normalized spacial score (nSPS) is 18.8. The van der Waals surface area contributed by atoms with E-state index >= 15 is 0 Å². The second-order valence-corrected chi connectivity index (χ2v) is 6.60. The maximum atomic E-state index is 4.70. The largest absolute Gasteiger partial charge is 0.370 e. The van der Waals surface area contributed by atoms with Crippen LogP contribution < -0.4 is 10.2 Å². The zero-order chi connectivity index (χ0) is 14.8. The Bertz CT molecular complexity index is 468. The van der Waals surface area contributed by atoms with Gasteiger partial charge >= 0.3 is 0 Å². The molecule has 20 heavy (non-hydrogen) atoms. The molecule has 0 radical (unpaired) electrons. The van der Waals surface area contributed by atoms with Gasteiger partial charge in [0.1, 0.15) is 17.5 Å². The Morgan fingerprint density at radius 2 is 1.90 bits per heavy atom. The highest BCUT2D eigenvalue weighted by atomic mass is 15.2. The Hall–Kier alpha value is -1.32. The van der Waals surface area contributed by atoms with Gasteiger partial charge in [-0.3, -0.25) is 0 Å². The van der Waals surface area contributed by atoms with E-state index in [0.717, 1.165) is 37.1 Å². The predicted octanol–water partition coefficient (Wildman–Crippen LogP) is 3.54. The highest BCUT2D eigenvalue weighted by Crippen LogP contribution is 2.33. The molecule has 1 aliphatic heterocycles. The first-order chi connectivity index (χ1) is 9.43. The average Bonchev–Trinajstić information content (AvgIpc) is 2.55. The van der Waals surface area contributed by atoms with Crippen molar-refractivity contribution in [3.8, 4) is 0 Å². The Morgan fingerprint density at radius 3 is 2.60 bits per heavy atom. The molecule has 0 bridgehead atoms. The topological polar surface area (TPSA) is 41.1 Å². The van der Waals surface area contributed by atoms with Crippen LogP contribution in [0.2, 0.25) is 0 Å². The highest BCUT2D eigenvalue weighted by Gasteiger charge is 2.25. The van der Waals surface area contributed by atoms with Crippen LogP contribution in [0.25, 0.3) is 0 Å². The standard InChI is InChI=1S/C16H28N4/c1-6-17-14-12(2)15(19-13(3)18-14)20-10-7-8-16(4,5)9-11-20/h6-11H2,1-5H3,(H,17,18,19). The average molecular weight is 276 g/mol. The molecule has 1 saturated heterocycles. The van der Waals surface area contributed by atoms with Crippen molar-refractivity contribution in [3.05, 3.63) is 11.4 Å². The monoisotopic (exact) mass is 276 g/mol. The van der Waals surface area contributed by atoms with Crippen LogP contribution in [0.1, 0.15) is 51.4 Å². The minimum Gasteiger partial charge on any atom is -0.370 e. The van der Waals surface area contributed by atoms with Crippen LogP contribution in [0.3, 0.4) is 0 Å². The van der Waals surface area contributed by atoms with Crippen molar-refractivity contribution in [2.45, 2.75) is 53.9 Å². The highest BCUT2D eigenvalue weighted by molar-refractivity contribution is 5.58. The molecule has 0 unspecified atom stereocenters. The van der Waals surface area contributed by atoms with Gasteiger partial charge in [0.25, 0.3) is 0 Å². The smallest absolute Gasteiger partial charge is 0.137 e. The van der Waals surface area contributed by atoms with E-state index in [-0.39, 0.29) is 0 Å². The molecule has 4 heteroatoms. The molecule has 0 amide bonds. The van der Waals surface area contributed by atoms with E-state index in [1.54, 1.807) is 0 Å². The van der Waals surface area contributed by atoms with E-state index in [4.69, 9.17) is 4.98 Å². The van der Waals surface area contributed by atoms with Gasteiger partial charge in [-0.25, -0.2) is 9.97 Å². The molecule has 1 N–H and O–H groups in total. The third-order valence-corrected chi connectivity index (χ3v) is 4.22. The van der Waals surface area contributed by atoms with Crippen LogP contribution >= 0.6 is 0 Å². The minimum absolute atomic E-state index is 0.454. The van der Waals surface area contributed by atoms with E-state index in [1.165, 1.54) is 24.8 Å². The fourth-order valence-electron chi connectivity index (χ4n) is 2.90. The van der Waals surface area contributed by atoms with Gasteiger partial charge in [-0.2, -0.15) is 0 Å². The Kier molecular flexibility index (Phi) is 4.51. The zero-order valence-electron chi connectivity index (χ0n) is 13.6. The van der Waals surface area contributed by atoms with Crippen LogP contribution in [0.4, 0.5) is 11.6 Å². The number of hydrogen-bond donors (Lipinski definition) is 1. The lowest BCUT2D eigenvalue weighted by atomic mass is 9.85. The number of hydrogen-bond acceptors (Lipinski definition) is 4. The summed E-state index contributed by atoms with van der Waals surface area (Å²) in [5.74, 6) is 2.95. The van der Waals surface area contributed by atoms with Gasteiger partial charge in [-0.15, -0.1) is 0 Å². The molecule has 0 atom stereocenters. The van der Waals surface area contributed by atoms with Gasteiger partial charge in [-0.05, 0) is 45.4 Å². The fraction of sp³-hybridized carbons (Fsp3) is 0.750. The lowest BCUT2D eigenvalue weighted by Crippen LogP contribution is -2.27. The number of anilines is 2. The summed E-state index contributed by atoms with van der Waals surface area (Å²) in [6.45, 7) is 14.0. The Labute approximate surface area is 123 Å². The van der Waals surface area contributed by atoms with Crippen molar-refractivity contribution in [3.63, 3.8) is 0 Å². The molecule has 1 aliphatic rings. The zero-order valence-corrected chi connectivity index (χ0v) is 13.6. The predicted molar refractivity (Wildman–Crippen MR) is 85.5 cm³/mol. The van der Waals surface area contributed by atoms with E-state index in [2.05, 4.69) is 42.9 Å². The SMILES string of the molecule is CCNc1nc(C)nc(N2CCCC(C)(C)CC2)c1C. The fourth-order valence-corrected chi connectivity index (χ4v) is 2.90. The molecule has 0 spiro atoms. The number of aromatic nitrogens is 2. The molecular formula is C16H28N4. The second-order valence-electron chi connectivity index (χ2n) is 6.60. The molecule has 1 aromatic rings. The summed E-state index contributed by atoms with van der Waals surface area (Å²) in [7, 11) is 0.